The number of nitrogens with zero attached hydrogens (tertiary/aromatic N) is 1. The van der Waals surface area contributed by atoms with Gasteiger partial charge in [0.05, 0.1) is 4.75 Å². The van der Waals surface area contributed by atoms with Gasteiger partial charge in [-0.15, -0.1) is 0 Å². The summed E-state index contributed by atoms with van der Waals surface area (Å²) in [6.07, 6.45) is 9.67. The number of hydrogen-bond donors (Lipinski definition) is 0. The Kier molecular flexibility index (Phi) is 4.97. The molecule has 1 aliphatic rings. The van der Waals surface area contributed by atoms with Gasteiger partial charge in [0.25, 0.3) is 0 Å². The Morgan fingerprint density at radius 1 is 1.27 bits per heavy atom. The van der Waals surface area contributed by atoms with Crippen LogP contribution in [0.3, 0.4) is 0 Å². The molecule has 0 aromatic carbocycles. The molecule has 0 N–H and O–H groups in total. The van der Waals surface area contributed by atoms with Crippen molar-refractivity contribution >= 4 is 17.2 Å². The molecular formula is C12H23NOS. The van der Waals surface area contributed by atoms with Crippen LogP contribution in [0, 0.1) is 5.92 Å². The maximum atomic E-state index is 11.6. The lowest BCUT2D eigenvalue weighted by molar-refractivity contribution is 0.370. The van der Waals surface area contributed by atoms with Gasteiger partial charge in [-0.1, -0.05) is 32.1 Å². The van der Waals surface area contributed by atoms with Crippen LogP contribution in [0.5, 0.6) is 0 Å². The predicted molar refractivity (Wildman–Crippen MR) is 67.6 cm³/mol. The second-order valence-corrected chi connectivity index (χ2v) is 7.32. The lowest BCUT2D eigenvalue weighted by Crippen LogP contribution is -2.19. The first kappa shape index (κ1) is 12.9. The van der Waals surface area contributed by atoms with E-state index in [4.69, 9.17) is 0 Å². The molecule has 1 aliphatic carbocycles. The highest BCUT2D eigenvalue weighted by molar-refractivity contribution is 7.85. The largest absolute Gasteiger partial charge is 0.234 e. The molecule has 0 spiro atoms. The van der Waals surface area contributed by atoms with E-state index in [2.05, 4.69) is 4.40 Å². The molecule has 0 bridgehead atoms. The Morgan fingerprint density at radius 3 is 2.40 bits per heavy atom. The molecule has 0 unspecified atom stereocenters. The number of rotatable bonds is 3. The van der Waals surface area contributed by atoms with Crippen LogP contribution in [-0.2, 0) is 11.0 Å². The first-order chi connectivity index (χ1) is 7.00. The molecule has 0 amide bonds. The molecule has 1 saturated carbocycles. The highest BCUT2D eigenvalue weighted by Gasteiger charge is 2.18. The van der Waals surface area contributed by atoms with Crippen LogP contribution < -0.4 is 0 Å². The van der Waals surface area contributed by atoms with Gasteiger partial charge in [-0.25, -0.2) is 4.21 Å². The van der Waals surface area contributed by atoms with E-state index in [-0.39, 0.29) is 4.75 Å². The maximum Gasteiger partial charge on any atom is 0.144 e. The lowest BCUT2D eigenvalue weighted by atomic mass is 9.87. The molecule has 0 radical (unpaired) electrons. The third-order valence-electron chi connectivity index (χ3n) is 2.86. The molecular weight excluding hydrogens is 206 g/mol. The molecule has 0 aromatic rings. The summed E-state index contributed by atoms with van der Waals surface area (Å²) in [6.45, 7) is 5.88. The number of hydrogen-bond acceptors (Lipinski definition) is 1. The minimum Gasteiger partial charge on any atom is -0.234 e. The summed E-state index contributed by atoms with van der Waals surface area (Å²) < 4.78 is 15.5. The van der Waals surface area contributed by atoms with Crippen LogP contribution in [-0.4, -0.2) is 15.2 Å². The van der Waals surface area contributed by atoms with Crippen molar-refractivity contribution < 1.29 is 4.21 Å². The normalized spacial score (nSPS) is 22.1. The van der Waals surface area contributed by atoms with Gasteiger partial charge in [0.2, 0.25) is 0 Å². The molecule has 3 heteroatoms. The predicted octanol–water partition coefficient (Wildman–Crippen LogP) is 3.49. The topological polar surface area (TPSA) is 29.4 Å². The Morgan fingerprint density at radius 2 is 1.87 bits per heavy atom. The highest BCUT2D eigenvalue weighted by Crippen LogP contribution is 2.25. The first-order valence-corrected chi connectivity index (χ1v) is 7.05. The van der Waals surface area contributed by atoms with Gasteiger partial charge in [-0.05, 0) is 33.1 Å². The summed E-state index contributed by atoms with van der Waals surface area (Å²) in [7, 11) is -1.07. The summed E-state index contributed by atoms with van der Waals surface area (Å²) in [5.41, 5.74) is 0. The van der Waals surface area contributed by atoms with E-state index in [1.54, 1.807) is 0 Å². The van der Waals surface area contributed by atoms with Gasteiger partial charge < -0.3 is 0 Å². The molecule has 0 heterocycles. The van der Waals surface area contributed by atoms with Crippen molar-refractivity contribution in [2.75, 3.05) is 0 Å². The third kappa shape index (κ3) is 4.92. The second kappa shape index (κ2) is 5.78. The van der Waals surface area contributed by atoms with Crippen LogP contribution in [0.4, 0.5) is 0 Å². The molecule has 1 rings (SSSR count). The van der Waals surface area contributed by atoms with Crippen LogP contribution in [0.2, 0.25) is 0 Å². The van der Waals surface area contributed by atoms with Gasteiger partial charge in [-0.3, -0.25) is 0 Å². The van der Waals surface area contributed by atoms with Crippen molar-refractivity contribution in [3.05, 3.63) is 0 Å². The fraction of sp³-hybridized carbons (Fsp3) is 0.917. The first-order valence-electron chi connectivity index (χ1n) is 5.94. The van der Waals surface area contributed by atoms with E-state index in [0.717, 1.165) is 12.3 Å². The molecule has 0 aliphatic heterocycles. The average molecular weight is 229 g/mol. The smallest absolute Gasteiger partial charge is 0.144 e. The van der Waals surface area contributed by atoms with Gasteiger partial charge in [0, 0.05) is 6.21 Å². The van der Waals surface area contributed by atoms with E-state index < -0.39 is 11.0 Å². The summed E-state index contributed by atoms with van der Waals surface area (Å²) in [6, 6.07) is 0. The Labute approximate surface area is 96.2 Å². The molecule has 1 fully saturated rings. The summed E-state index contributed by atoms with van der Waals surface area (Å²) in [5, 5.41) is 0. The monoisotopic (exact) mass is 229 g/mol. The maximum absolute atomic E-state index is 11.6. The van der Waals surface area contributed by atoms with E-state index in [1.807, 2.05) is 27.0 Å². The molecule has 0 saturated heterocycles. The Bertz CT molecular complexity index is 236. The van der Waals surface area contributed by atoms with Gasteiger partial charge in [-0.2, -0.15) is 4.40 Å². The minimum absolute atomic E-state index is 0.219. The van der Waals surface area contributed by atoms with Crippen molar-refractivity contribution in [2.24, 2.45) is 10.3 Å². The Balaban J connectivity index is 2.29. The van der Waals surface area contributed by atoms with E-state index >= 15 is 0 Å². The van der Waals surface area contributed by atoms with Crippen LogP contribution >= 0.6 is 0 Å². The third-order valence-corrected chi connectivity index (χ3v) is 4.25. The standard InChI is InChI=1S/C12H23NOS/c1-12(2,3)15(14)13-10-9-11-7-5-4-6-8-11/h10-11H,4-9H2,1-3H3/b13-10+/t15-/m0/s1. The van der Waals surface area contributed by atoms with Crippen molar-refractivity contribution in [3.8, 4) is 0 Å². The molecule has 88 valence electrons. The summed E-state index contributed by atoms with van der Waals surface area (Å²) >= 11 is 0. The van der Waals surface area contributed by atoms with Crippen LogP contribution in [0.15, 0.2) is 4.40 Å². The zero-order chi connectivity index (χ0) is 11.3. The lowest BCUT2D eigenvalue weighted by Gasteiger charge is -2.19. The summed E-state index contributed by atoms with van der Waals surface area (Å²) in [4.78, 5) is 0. The quantitative estimate of drug-likeness (QED) is 0.681. The molecule has 0 aromatic heterocycles. The zero-order valence-corrected chi connectivity index (χ0v) is 11.0. The van der Waals surface area contributed by atoms with Crippen molar-refractivity contribution in [3.63, 3.8) is 0 Å². The molecule has 15 heavy (non-hydrogen) atoms. The van der Waals surface area contributed by atoms with E-state index in [0.29, 0.717) is 0 Å². The van der Waals surface area contributed by atoms with Gasteiger partial charge in [0.1, 0.15) is 11.0 Å². The van der Waals surface area contributed by atoms with E-state index in [1.165, 1.54) is 32.1 Å². The van der Waals surface area contributed by atoms with Crippen molar-refractivity contribution in [1.82, 2.24) is 0 Å². The Hall–Kier alpha value is -0.180. The molecule has 2 nitrogen and oxygen atoms in total. The van der Waals surface area contributed by atoms with Crippen molar-refractivity contribution in [2.45, 2.75) is 64.0 Å². The SMILES string of the molecule is CC(C)(C)[S@](=O)/N=C/CC1CCCCC1. The van der Waals surface area contributed by atoms with Crippen LogP contribution in [0.1, 0.15) is 59.3 Å². The fourth-order valence-electron chi connectivity index (χ4n) is 1.84. The molecule has 1 atom stereocenters. The van der Waals surface area contributed by atoms with Crippen LogP contribution in [0.25, 0.3) is 0 Å². The van der Waals surface area contributed by atoms with Gasteiger partial charge in [0.15, 0.2) is 0 Å². The van der Waals surface area contributed by atoms with Crippen molar-refractivity contribution in [1.29, 1.82) is 0 Å². The zero-order valence-electron chi connectivity index (χ0n) is 10.2. The second-order valence-electron chi connectivity index (χ2n) is 5.39. The summed E-state index contributed by atoms with van der Waals surface area (Å²) in [5.74, 6) is 0.791. The average Bonchev–Trinajstić information content (AvgIpc) is 2.18. The fourth-order valence-corrected chi connectivity index (χ4v) is 2.38. The van der Waals surface area contributed by atoms with Gasteiger partial charge >= 0.3 is 0 Å². The van der Waals surface area contributed by atoms with E-state index in [9.17, 15) is 4.21 Å². The minimum atomic E-state index is -1.07. The highest BCUT2D eigenvalue weighted by atomic mass is 32.2.